The molecule has 0 saturated carbocycles. The molecule has 0 aromatic carbocycles. The van der Waals surface area contributed by atoms with Gasteiger partial charge in [-0.3, -0.25) is 0 Å². The Morgan fingerprint density at radius 2 is 2.30 bits per heavy atom. The molecule has 1 aromatic rings. The van der Waals surface area contributed by atoms with Crippen molar-refractivity contribution in [2.24, 2.45) is 0 Å². The fourth-order valence-electron chi connectivity index (χ4n) is 0.550. The van der Waals surface area contributed by atoms with Gasteiger partial charge in [-0.2, -0.15) is 0 Å². The van der Waals surface area contributed by atoms with Gasteiger partial charge in [-0.05, 0) is 12.1 Å². The number of hydrogen-bond acceptors (Lipinski definition) is 2. The number of hydrogen-bond donors (Lipinski definition) is 0. The van der Waals surface area contributed by atoms with Crippen molar-refractivity contribution in [3.05, 3.63) is 23.4 Å². The lowest BCUT2D eigenvalue weighted by Crippen LogP contribution is -2.00. The summed E-state index contributed by atoms with van der Waals surface area (Å²) in [6.07, 6.45) is 1.63. The zero-order valence-electron chi connectivity index (χ0n) is 5.38. The number of nitrogens with zero attached hydrogens (tertiary/aromatic N) is 2. The summed E-state index contributed by atoms with van der Waals surface area (Å²) < 4.78 is 1.90. The van der Waals surface area contributed by atoms with E-state index in [-0.39, 0.29) is 0 Å². The molecule has 0 unspecified atom stereocenters. The van der Waals surface area contributed by atoms with Gasteiger partial charge in [0.05, 0.1) is 27.9 Å². The summed E-state index contributed by atoms with van der Waals surface area (Å²) in [5.41, 5.74) is 0. The van der Waals surface area contributed by atoms with Gasteiger partial charge in [0.1, 0.15) is 5.82 Å². The Balaban J connectivity index is 2.89. The lowest BCUT2D eigenvalue weighted by atomic mass is 10.5. The topological polar surface area (TPSA) is 16.1 Å². The average molecular weight is 268 g/mol. The monoisotopic (exact) mass is 268 g/mol. The third kappa shape index (κ3) is 1.98. The largest absolute Gasteiger partial charge is 0.302 e. The Labute approximate surface area is 78.7 Å². The van der Waals surface area contributed by atoms with Crippen LogP contribution < -0.4 is 3.11 Å². The Morgan fingerprint density at radius 3 is 2.70 bits per heavy atom. The first-order valence-corrected chi connectivity index (χ1v) is 4.05. The minimum absolute atomic E-state index is 0.669. The van der Waals surface area contributed by atoms with E-state index in [4.69, 9.17) is 11.6 Å². The normalized spacial score (nSPS) is 9.50. The second-order valence-electron chi connectivity index (χ2n) is 1.81. The van der Waals surface area contributed by atoms with Crippen molar-refractivity contribution in [1.82, 2.24) is 4.98 Å². The minimum Gasteiger partial charge on any atom is -0.302 e. The molecule has 2 nitrogen and oxygen atoms in total. The SMILES string of the molecule is CN(I)c1ccc(Cl)cn1. The predicted molar refractivity (Wildman–Crippen MR) is 51.7 cm³/mol. The zero-order valence-corrected chi connectivity index (χ0v) is 8.30. The maximum atomic E-state index is 5.63. The van der Waals surface area contributed by atoms with Crippen LogP contribution in [0.15, 0.2) is 18.3 Å². The van der Waals surface area contributed by atoms with Gasteiger partial charge in [-0.1, -0.05) is 11.6 Å². The lowest BCUT2D eigenvalue weighted by Gasteiger charge is -2.06. The molecule has 0 amide bonds. The Morgan fingerprint density at radius 1 is 1.60 bits per heavy atom. The van der Waals surface area contributed by atoms with Crippen molar-refractivity contribution in [3.63, 3.8) is 0 Å². The molecule has 0 aliphatic heterocycles. The Hall–Kier alpha value is -0.0300. The molecule has 0 aliphatic carbocycles. The van der Waals surface area contributed by atoms with E-state index in [1.807, 2.05) is 22.3 Å². The molecule has 1 heterocycles. The van der Waals surface area contributed by atoms with E-state index in [1.165, 1.54) is 0 Å². The van der Waals surface area contributed by atoms with Crippen LogP contribution >= 0.6 is 34.5 Å². The number of pyridine rings is 1. The summed E-state index contributed by atoms with van der Waals surface area (Å²) in [7, 11) is 1.93. The summed E-state index contributed by atoms with van der Waals surface area (Å²) in [5.74, 6) is 0.907. The molecule has 0 atom stereocenters. The fraction of sp³-hybridized carbons (Fsp3) is 0.167. The first-order valence-electron chi connectivity index (χ1n) is 2.71. The Kier molecular flexibility index (Phi) is 2.73. The van der Waals surface area contributed by atoms with Crippen LogP contribution in [0.3, 0.4) is 0 Å². The highest BCUT2D eigenvalue weighted by Gasteiger charge is 1.95. The highest BCUT2D eigenvalue weighted by atomic mass is 127. The molecule has 1 rings (SSSR count). The van der Waals surface area contributed by atoms with Gasteiger partial charge in [0, 0.05) is 13.2 Å². The number of rotatable bonds is 1. The predicted octanol–water partition coefficient (Wildman–Crippen LogP) is 2.52. The molecule has 1 aromatic heterocycles. The van der Waals surface area contributed by atoms with E-state index in [1.54, 1.807) is 6.20 Å². The van der Waals surface area contributed by atoms with Crippen LogP contribution in [0.5, 0.6) is 0 Å². The first kappa shape index (κ1) is 8.07. The van der Waals surface area contributed by atoms with Crippen LogP contribution in [-0.4, -0.2) is 12.0 Å². The van der Waals surface area contributed by atoms with E-state index >= 15 is 0 Å². The third-order valence-corrected chi connectivity index (χ3v) is 1.75. The highest BCUT2D eigenvalue weighted by Crippen LogP contribution is 2.14. The molecular formula is C6H6ClIN2. The molecule has 54 valence electrons. The number of aromatic nitrogens is 1. The average Bonchev–Trinajstić information content (AvgIpc) is 1.88. The van der Waals surface area contributed by atoms with Gasteiger partial charge >= 0.3 is 0 Å². The number of halogens is 2. The van der Waals surface area contributed by atoms with Crippen molar-refractivity contribution < 1.29 is 0 Å². The first-order chi connectivity index (χ1) is 4.70. The summed E-state index contributed by atoms with van der Waals surface area (Å²) in [5, 5.41) is 0.669. The van der Waals surface area contributed by atoms with Crippen molar-refractivity contribution in [2.45, 2.75) is 0 Å². The maximum Gasteiger partial charge on any atom is 0.136 e. The molecule has 10 heavy (non-hydrogen) atoms. The van der Waals surface area contributed by atoms with Crippen LogP contribution in [-0.2, 0) is 0 Å². The van der Waals surface area contributed by atoms with E-state index in [0.717, 1.165) is 5.82 Å². The van der Waals surface area contributed by atoms with Crippen molar-refractivity contribution in [3.8, 4) is 0 Å². The van der Waals surface area contributed by atoms with E-state index in [2.05, 4.69) is 27.8 Å². The molecule has 4 heteroatoms. The van der Waals surface area contributed by atoms with Gasteiger partial charge < -0.3 is 3.11 Å². The maximum absolute atomic E-state index is 5.63. The lowest BCUT2D eigenvalue weighted by molar-refractivity contribution is 1.24. The third-order valence-electron chi connectivity index (χ3n) is 1.03. The molecular weight excluding hydrogens is 262 g/mol. The molecule has 0 aliphatic rings. The molecule has 0 bridgehead atoms. The summed E-state index contributed by atoms with van der Waals surface area (Å²) >= 11 is 7.78. The molecule has 0 radical (unpaired) electrons. The highest BCUT2D eigenvalue weighted by molar-refractivity contribution is 14.1. The molecule has 0 spiro atoms. The van der Waals surface area contributed by atoms with Gasteiger partial charge in [0.15, 0.2) is 0 Å². The van der Waals surface area contributed by atoms with Gasteiger partial charge in [0.2, 0.25) is 0 Å². The van der Waals surface area contributed by atoms with Crippen LogP contribution in [0, 0.1) is 0 Å². The standard InChI is InChI=1S/C6H6ClIN2/c1-10(8)6-3-2-5(7)4-9-6/h2-4H,1H3. The van der Waals surface area contributed by atoms with Crippen LogP contribution in [0.4, 0.5) is 5.82 Å². The second kappa shape index (κ2) is 3.39. The fourth-order valence-corrected chi connectivity index (χ4v) is 0.947. The van der Waals surface area contributed by atoms with E-state index in [9.17, 15) is 0 Å². The van der Waals surface area contributed by atoms with Gasteiger partial charge in [0.25, 0.3) is 0 Å². The van der Waals surface area contributed by atoms with Crippen LogP contribution in [0.1, 0.15) is 0 Å². The number of anilines is 1. The summed E-state index contributed by atoms with van der Waals surface area (Å²) in [6, 6.07) is 3.69. The van der Waals surface area contributed by atoms with E-state index < -0.39 is 0 Å². The van der Waals surface area contributed by atoms with Gasteiger partial charge in [-0.25, -0.2) is 4.98 Å². The minimum atomic E-state index is 0.669. The van der Waals surface area contributed by atoms with Crippen LogP contribution in [0.2, 0.25) is 5.02 Å². The smallest absolute Gasteiger partial charge is 0.136 e. The zero-order chi connectivity index (χ0) is 7.56. The Bertz CT molecular complexity index is 209. The molecule has 0 N–H and O–H groups in total. The van der Waals surface area contributed by atoms with Crippen molar-refractivity contribution >= 4 is 40.3 Å². The summed E-state index contributed by atoms with van der Waals surface area (Å²) in [4.78, 5) is 4.06. The van der Waals surface area contributed by atoms with Crippen LogP contribution in [0.25, 0.3) is 0 Å². The van der Waals surface area contributed by atoms with Crippen molar-refractivity contribution in [2.75, 3.05) is 10.2 Å². The second-order valence-corrected chi connectivity index (χ2v) is 3.70. The molecule has 0 saturated heterocycles. The quantitative estimate of drug-likeness (QED) is 0.575. The van der Waals surface area contributed by atoms with E-state index in [0.29, 0.717) is 5.02 Å². The summed E-state index contributed by atoms with van der Waals surface area (Å²) in [6.45, 7) is 0. The van der Waals surface area contributed by atoms with Gasteiger partial charge in [-0.15, -0.1) is 0 Å². The molecule has 0 fully saturated rings. The van der Waals surface area contributed by atoms with Crippen molar-refractivity contribution in [1.29, 1.82) is 0 Å².